The number of likely N-dealkylation sites (tertiary alicyclic amines) is 2. The van der Waals surface area contributed by atoms with Crippen LogP contribution in [0.1, 0.15) is 76.8 Å². The molecule has 2 saturated heterocycles. The Morgan fingerprint density at radius 1 is 0.764 bits per heavy atom. The van der Waals surface area contributed by atoms with Crippen LogP contribution in [0, 0.1) is 11.8 Å². The summed E-state index contributed by atoms with van der Waals surface area (Å²) in [5.41, 5.74) is 2.81. The number of hydrogen-bond acceptors (Lipinski definition) is 10. The van der Waals surface area contributed by atoms with Crippen LogP contribution < -0.4 is 20.7 Å². The molecule has 2 aromatic carbocycles. The third-order valence-corrected chi connectivity index (χ3v) is 10.5. The summed E-state index contributed by atoms with van der Waals surface area (Å²) in [7, 11) is 2.57. The number of nitrogens with one attached hydrogen (secondary N) is 4. The summed E-state index contributed by atoms with van der Waals surface area (Å²) in [5.74, 6) is 2.39. The van der Waals surface area contributed by atoms with Gasteiger partial charge in [0.15, 0.2) is 0 Å². The largest absolute Gasteiger partial charge is 0.457 e. The Labute approximate surface area is 321 Å². The standard InChI is InChI=1S/C40H52N8O7/c1-23(2)33(45-39(51)53-5)37(49)47-19-7-9-31(47)35-41-21-29(43-35)25-11-15-27(16-12-25)55-28-17-13-26(14-18-28)30-22-42-36(44-30)32-10-8-20-48(32)38(50)34(24(3)4)46-40(52)54-6/h11-18,21,23-24,30-34H,7-10,19-20,22H2,1-6H3,(H,41,43)(H,42,44)(H,45,51)(H,46,52)/t30?,31-,32-,33-,34-/m0/s1. The first-order valence-electron chi connectivity index (χ1n) is 19.0. The van der Waals surface area contributed by atoms with E-state index in [2.05, 4.69) is 25.9 Å². The first-order chi connectivity index (χ1) is 26.5. The van der Waals surface area contributed by atoms with Gasteiger partial charge in [0.1, 0.15) is 35.2 Å². The highest BCUT2D eigenvalue weighted by Gasteiger charge is 2.40. The van der Waals surface area contributed by atoms with Crippen molar-refractivity contribution in [3.63, 3.8) is 0 Å². The lowest BCUT2D eigenvalue weighted by Gasteiger charge is -2.31. The molecule has 294 valence electrons. The number of hydrogen-bond donors (Lipinski definition) is 4. The second-order valence-corrected chi connectivity index (χ2v) is 14.9. The predicted molar refractivity (Wildman–Crippen MR) is 205 cm³/mol. The molecule has 0 spiro atoms. The van der Waals surface area contributed by atoms with E-state index in [0.717, 1.165) is 48.3 Å². The maximum Gasteiger partial charge on any atom is 0.407 e. The molecule has 0 saturated carbocycles. The zero-order valence-corrected chi connectivity index (χ0v) is 32.3. The Morgan fingerprint density at radius 2 is 1.29 bits per heavy atom. The number of imidazole rings is 1. The quantitative estimate of drug-likeness (QED) is 0.190. The molecule has 15 heteroatoms. The highest BCUT2D eigenvalue weighted by molar-refractivity contribution is 5.95. The van der Waals surface area contributed by atoms with Crippen LogP contribution in [0.5, 0.6) is 11.5 Å². The van der Waals surface area contributed by atoms with Gasteiger partial charge >= 0.3 is 12.2 Å². The van der Waals surface area contributed by atoms with Crippen molar-refractivity contribution in [2.75, 3.05) is 33.9 Å². The van der Waals surface area contributed by atoms with Crippen LogP contribution in [0.25, 0.3) is 11.3 Å². The van der Waals surface area contributed by atoms with Gasteiger partial charge in [-0.25, -0.2) is 14.6 Å². The highest BCUT2D eigenvalue weighted by atomic mass is 16.5. The maximum absolute atomic E-state index is 13.5. The molecule has 4 heterocycles. The monoisotopic (exact) mass is 756 g/mol. The summed E-state index contributed by atoms with van der Waals surface area (Å²) in [4.78, 5) is 67.3. The third kappa shape index (κ3) is 8.87. The van der Waals surface area contributed by atoms with Crippen molar-refractivity contribution in [3.8, 4) is 22.8 Å². The average molecular weight is 757 g/mol. The number of methoxy groups -OCH3 is 2. The Bertz CT molecular complexity index is 1860. The van der Waals surface area contributed by atoms with Gasteiger partial charge in [-0.2, -0.15) is 0 Å². The normalized spacial score (nSPS) is 20.5. The lowest BCUT2D eigenvalue weighted by Crippen LogP contribution is -2.54. The molecular weight excluding hydrogens is 704 g/mol. The molecule has 0 radical (unpaired) electrons. The Kier molecular flexibility index (Phi) is 12.3. The fourth-order valence-electron chi connectivity index (χ4n) is 7.49. The van der Waals surface area contributed by atoms with Crippen molar-refractivity contribution in [3.05, 3.63) is 66.1 Å². The molecule has 0 aliphatic carbocycles. The second kappa shape index (κ2) is 17.2. The van der Waals surface area contributed by atoms with Crippen molar-refractivity contribution in [2.45, 2.75) is 83.6 Å². The van der Waals surface area contributed by atoms with Gasteiger partial charge in [-0.05, 0) is 85.0 Å². The van der Waals surface area contributed by atoms with E-state index in [4.69, 9.17) is 19.2 Å². The number of aromatic nitrogens is 2. The molecule has 6 rings (SSSR count). The highest BCUT2D eigenvalue weighted by Crippen LogP contribution is 2.34. The van der Waals surface area contributed by atoms with Gasteiger partial charge in [0, 0.05) is 13.1 Å². The summed E-state index contributed by atoms with van der Waals surface area (Å²) >= 11 is 0. The number of amidine groups is 1. The molecule has 1 aromatic heterocycles. The van der Waals surface area contributed by atoms with Gasteiger partial charge in [-0.15, -0.1) is 0 Å². The Morgan fingerprint density at radius 3 is 1.84 bits per heavy atom. The number of amides is 4. The van der Waals surface area contributed by atoms with E-state index in [0.29, 0.717) is 37.0 Å². The lowest BCUT2D eigenvalue weighted by molar-refractivity contribution is -0.135. The van der Waals surface area contributed by atoms with Gasteiger partial charge in [0.05, 0.1) is 50.8 Å². The van der Waals surface area contributed by atoms with E-state index < -0.39 is 24.3 Å². The average Bonchev–Trinajstić information content (AvgIpc) is 4.02. The number of alkyl carbamates (subject to hydrolysis) is 2. The Hall–Kier alpha value is -5.60. The molecular formula is C40H52N8O7. The number of aromatic amines is 1. The number of rotatable bonds is 12. The summed E-state index contributed by atoms with van der Waals surface area (Å²) in [5, 5.41) is 8.93. The lowest BCUT2D eigenvalue weighted by atomic mass is 10.0. The van der Waals surface area contributed by atoms with Crippen LogP contribution >= 0.6 is 0 Å². The van der Waals surface area contributed by atoms with Crippen molar-refractivity contribution in [2.24, 2.45) is 16.8 Å². The second-order valence-electron chi connectivity index (χ2n) is 14.9. The van der Waals surface area contributed by atoms with Crippen LogP contribution in [0.3, 0.4) is 0 Å². The van der Waals surface area contributed by atoms with Gasteiger partial charge in [-0.1, -0.05) is 39.8 Å². The minimum atomic E-state index is -0.693. The summed E-state index contributed by atoms with van der Waals surface area (Å²) in [6.07, 6.45) is 3.80. The van der Waals surface area contributed by atoms with E-state index >= 15 is 0 Å². The van der Waals surface area contributed by atoms with Gasteiger partial charge < -0.3 is 44.9 Å². The summed E-state index contributed by atoms with van der Waals surface area (Å²) < 4.78 is 15.7. The first kappa shape index (κ1) is 39.1. The molecule has 15 nitrogen and oxygen atoms in total. The van der Waals surface area contributed by atoms with E-state index in [9.17, 15) is 19.2 Å². The van der Waals surface area contributed by atoms with E-state index in [1.807, 2.05) is 81.1 Å². The molecule has 1 unspecified atom stereocenters. The van der Waals surface area contributed by atoms with Crippen LogP contribution in [0.4, 0.5) is 9.59 Å². The number of aliphatic imine (C=N–C) groups is 1. The number of H-pyrrole nitrogens is 1. The van der Waals surface area contributed by atoms with Crippen molar-refractivity contribution in [1.82, 2.24) is 35.7 Å². The Balaban J connectivity index is 1.03. The number of nitrogens with zero attached hydrogens (tertiary/aromatic N) is 4. The topological polar surface area (TPSA) is 180 Å². The van der Waals surface area contributed by atoms with E-state index in [-0.39, 0.29) is 41.8 Å². The number of ether oxygens (including phenoxy) is 3. The van der Waals surface area contributed by atoms with Crippen LogP contribution in [0.15, 0.2) is 59.7 Å². The molecule has 3 aliphatic heterocycles. The van der Waals surface area contributed by atoms with Crippen LogP contribution in [0.2, 0.25) is 0 Å². The molecule has 4 amide bonds. The fourth-order valence-corrected chi connectivity index (χ4v) is 7.49. The molecule has 3 aliphatic rings. The molecule has 5 atom stereocenters. The summed E-state index contributed by atoms with van der Waals surface area (Å²) in [6.45, 7) is 9.34. The number of benzene rings is 2. The summed E-state index contributed by atoms with van der Waals surface area (Å²) in [6, 6.07) is 13.8. The minimum Gasteiger partial charge on any atom is -0.457 e. The van der Waals surface area contributed by atoms with Gasteiger partial charge in [0.25, 0.3) is 0 Å². The minimum absolute atomic E-state index is 0.0307. The fraction of sp³-hybridized carbons (Fsp3) is 0.500. The van der Waals surface area contributed by atoms with Crippen molar-refractivity contribution >= 4 is 29.8 Å². The molecule has 2 fully saturated rings. The first-order valence-corrected chi connectivity index (χ1v) is 19.0. The molecule has 0 bridgehead atoms. The maximum atomic E-state index is 13.5. The SMILES string of the molecule is COC(=O)N[C@H](C(=O)N1CCC[C@H]1C1=NCC(c2ccc(Oc3ccc(-c4cnc([C@@H]5CCCN5C(=O)[C@@H](NC(=O)OC)C(C)C)[nH]4)cc3)cc2)N1)C(C)C. The predicted octanol–water partition coefficient (Wildman–Crippen LogP) is 5.33. The smallest absolute Gasteiger partial charge is 0.407 e. The molecule has 4 N–H and O–H groups in total. The molecule has 3 aromatic rings. The van der Waals surface area contributed by atoms with E-state index in [1.54, 1.807) is 11.1 Å². The van der Waals surface area contributed by atoms with Gasteiger partial charge in [0.2, 0.25) is 11.8 Å². The zero-order chi connectivity index (χ0) is 39.2. The van der Waals surface area contributed by atoms with Crippen molar-refractivity contribution in [1.29, 1.82) is 0 Å². The van der Waals surface area contributed by atoms with Gasteiger partial charge in [-0.3, -0.25) is 14.6 Å². The number of carbonyl (C=O) groups is 4. The van der Waals surface area contributed by atoms with Crippen LogP contribution in [-0.2, 0) is 19.1 Å². The van der Waals surface area contributed by atoms with E-state index in [1.165, 1.54) is 14.2 Å². The third-order valence-electron chi connectivity index (χ3n) is 10.5. The van der Waals surface area contributed by atoms with Crippen LogP contribution in [-0.4, -0.2) is 102 Å². The van der Waals surface area contributed by atoms with Crippen molar-refractivity contribution < 1.29 is 33.4 Å². The zero-order valence-electron chi connectivity index (χ0n) is 32.3. The number of carbonyl (C=O) groups excluding carboxylic acids is 4. The molecule has 55 heavy (non-hydrogen) atoms.